The highest BCUT2D eigenvalue weighted by molar-refractivity contribution is 7.14. The lowest BCUT2D eigenvalue weighted by molar-refractivity contribution is -0.132. The van der Waals surface area contributed by atoms with Crippen LogP contribution in [0.1, 0.15) is 24.1 Å². The Bertz CT molecular complexity index is 1140. The Balaban J connectivity index is 1.93. The summed E-state index contributed by atoms with van der Waals surface area (Å²) in [6.45, 7) is 2.25. The lowest BCUT2D eigenvalue weighted by Crippen LogP contribution is -2.29. The number of aliphatic hydroxyl groups is 1. The van der Waals surface area contributed by atoms with Crippen LogP contribution in [0.15, 0.2) is 65.7 Å². The highest BCUT2D eigenvalue weighted by atomic mass is 32.1. The third-order valence-corrected chi connectivity index (χ3v) is 5.46. The topological polar surface area (TPSA) is 79.7 Å². The largest absolute Gasteiger partial charge is 0.507 e. The molecule has 1 fully saturated rings. The van der Waals surface area contributed by atoms with Gasteiger partial charge in [-0.3, -0.25) is 14.5 Å². The third kappa shape index (κ3) is 3.35. The first-order valence-corrected chi connectivity index (χ1v) is 10.1. The number of ether oxygens (including phenoxy) is 1. The second kappa shape index (κ2) is 8.08. The zero-order chi connectivity index (χ0) is 21.3. The summed E-state index contributed by atoms with van der Waals surface area (Å²) in [5.74, 6) is -2.28. The van der Waals surface area contributed by atoms with E-state index in [1.54, 1.807) is 35.7 Å². The monoisotopic (exact) mass is 424 g/mol. The Morgan fingerprint density at radius 3 is 2.73 bits per heavy atom. The molecule has 0 saturated carbocycles. The molecule has 2 heterocycles. The number of aliphatic hydroxyl groups excluding tert-OH is 1. The highest BCUT2D eigenvalue weighted by Crippen LogP contribution is 2.43. The third-order valence-electron chi connectivity index (χ3n) is 4.69. The molecule has 1 saturated heterocycles. The molecule has 1 aliphatic rings. The smallest absolute Gasteiger partial charge is 0.301 e. The molecule has 1 aromatic heterocycles. The predicted octanol–water partition coefficient (Wildman–Crippen LogP) is 4.31. The van der Waals surface area contributed by atoms with Crippen LogP contribution in [0, 0.1) is 5.82 Å². The van der Waals surface area contributed by atoms with Crippen LogP contribution in [-0.4, -0.2) is 28.4 Å². The van der Waals surface area contributed by atoms with E-state index < -0.39 is 29.3 Å². The quantitative estimate of drug-likeness (QED) is 0.375. The maximum Gasteiger partial charge on any atom is 0.301 e. The number of rotatable bonds is 5. The van der Waals surface area contributed by atoms with E-state index >= 15 is 0 Å². The van der Waals surface area contributed by atoms with Crippen molar-refractivity contribution < 1.29 is 23.8 Å². The van der Waals surface area contributed by atoms with Gasteiger partial charge in [0, 0.05) is 22.7 Å². The van der Waals surface area contributed by atoms with E-state index in [0.29, 0.717) is 17.9 Å². The molecule has 1 unspecified atom stereocenters. The molecule has 0 bridgehead atoms. The van der Waals surface area contributed by atoms with Crippen LogP contribution in [0.3, 0.4) is 0 Å². The number of benzene rings is 2. The first kappa shape index (κ1) is 19.8. The fourth-order valence-corrected chi connectivity index (χ4v) is 4.08. The number of carbonyl (C=O) groups is 2. The lowest BCUT2D eigenvalue weighted by atomic mass is 9.95. The molecule has 6 nitrogen and oxygen atoms in total. The molecule has 2 aromatic carbocycles. The van der Waals surface area contributed by atoms with Gasteiger partial charge >= 0.3 is 5.91 Å². The number of thiazole rings is 1. The molecule has 152 valence electrons. The van der Waals surface area contributed by atoms with Crippen LogP contribution in [-0.2, 0) is 9.59 Å². The van der Waals surface area contributed by atoms with Crippen molar-refractivity contribution in [2.75, 3.05) is 11.5 Å². The number of carbonyl (C=O) groups excluding carboxylic acids is 2. The van der Waals surface area contributed by atoms with Gasteiger partial charge in [-0.2, -0.15) is 0 Å². The highest BCUT2D eigenvalue weighted by Gasteiger charge is 2.48. The van der Waals surface area contributed by atoms with Gasteiger partial charge < -0.3 is 9.84 Å². The van der Waals surface area contributed by atoms with Crippen LogP contribution >= 0.6 is 11.3 Å². The summed E-state index contributed by atoms with van der Waals surface area (Å²) < 4.78 is 20.2. The molecule has 0 radical (unpaired) electrons. The van der Waals surface area contributed by atoms with E-state index in [4.69, 9.17) is 4.74 Å². The summed E-state index contributed by atoms with van der Waals surface area (Å²) in [6, 6.07) is 11.2. The van der Waals surface area contributed by atoms with Gasteiger partial charge in [0.05, 0.1) is 12.2 Å². The summed E-state index contributed by atoms with van der Waals surface area (Å²) >= 11 is 1.14. The van der Waals surface area contributed by atoms with Gasteiger partial charge in [-0.25, -0.2) is 9.37 Å². The number of aromatic nitrogens is 1. The van der Waals surface area contributed by atoms with Crippen LogP contribution in [0.2, 0.25) is 0 Å². The molecule has 4 rings (SSSR count). The molecule has 0 aliphatic carbocycles. The van der Waals surface area contributed by atoms with Crippen LogP contribution in [0.5, 0.6) is 5.75 Å². The number of ketones is 1. The maximum absolute atomic E-state index is 14.7. The minimum Gasteiger partial charge on any atom is -0.507 e. The summed E-state index contributed by atoms with van der Waals surface area (Å²) in [4.78, 5) is 31.1. The average Bonchev–Trinajstić information content (AvgIpc) is 3.35. The maximum atomic E-state index is 14.7. The Morgan fingerprint density at radius 1 is 1.23 bits per heavy atom. The predicted molar refractivity (Wildman–Crippen MR) is 111 cm³/mol. The summed E-state index contributed by atoms with van der Waals surface area (Å²) in [6.07, 6.45) is 1.49. The van der Waals surface area contributed by atoms with Gasteiger partial charge in [-0.1, -0.05) is 30.3 Å². The summed E-state index contributed by atoms with van der Waals surface area (Å²) in [7, 11) is 0. The van der Waals surface area contributed by atoms with Crippen LogP contribution < -0.4 is 9.64 Å². The first-order chi connectivity index (χ1) is 14.5. The number of hydrogen-bond donors (Lipinski definition) is 1. The van der Waals surface area contributed by atoms with Gasteiger partial charge in [-0.05, 0) is 25.1 Å². The molecule has 1 atom stereocenters. The van der Waals surface area contributed by atoms with Gasteiger partial charge in [0.25, 0.3) is 5.78 Å². The second-order valence-corrected chi connectivity index (χ2v) is 7.34. The normalized spacial score (nSPS) is 18.1. The fraction of sp³-hybridized carbons (Fsp3) is 0.136. The number of amides is 1. The SMILES string of the molecule is CCOc1cccc(/C(O)=C2\C(=O)C(=O)N(c3nccs3)C2c2ccccc2F)c1. The van der Waals surface area contributed by atoms with Crippen molar-refractivity contribution in [1.82, 2.24) is 4.98 Å². The lowest BCUT2D eigenvalue weighted by Gasteiger charge is -2.23. The zero-order valence-corrected chi connectivity index (χ0v) is 16.7. The van der Waals surface area contributed by atoms with Crippen molar-refractivity contribution in [3.63, 3.8) is 0 Å². The van der Waals surface area contributed by atoms with Crippen molar-refractivity contribution in [3.8, 4) is 5.75 Å². The minimum atomic E-state index is -1.15. The number of anilines is 1. The van der Waals surface area contributed by atoms with Gasteiger partial charge in [0.1, 0.15) is 23.4 Å². The molecular formula is C22H17FN2O4S. The van der Waals surface area contributed by atoms with Crippen molar-refractivity contribution in [1.29, 1.82) is 0 Å². The number of Topliss-reactive ketones (excluding diaryl/α,β-unsaturated/α-hetero) is 1. The van der Waals surface area contributed by atoms with E-state index in [0.717, 1.165) is 16.2 Å². The van der Waals surface area contributed by atoms with Gasteiger partial charge in [-0.15, -0.1) is 11.3 Å². The minimum absolute atomic E-state index is 0.0920. The number of hydrogen-bond acceptors (Lipinski definition) is 6. The molecule has 8 heteroatoms. The Labute approximate surface area is 175 Å². The van der Waals surface area contributed by atoms with E-state index in [-0.39, 0.29) is 16.3 Å². The Morgan fingerprint density at radius 2 is 2.03 bits per heavy atom. The summed E-state index contributed by atoms with van der Waals surface area (Å²) in [5, 5.41) is 12.9. The molecule has 1 aliphatic heterocycles. The van der Waals surface area contributed by atoms with Crippen molar-refractivity contribution in [2.24, 2.45) is 0 Å². The Hall–Kier alpha value is -3.52. The molecule has 1 N–H and O–H groups in total. The molecule has 3 aromatic rings. The first-order valence-electron chi connectivity index (χ1n) is 9.21. The van der Waals surface area contributed by atoms with E-state index in [1.807, 2.05) is 6.92 Å². The standard InChI is InChI=1S/C22H17FN2O4S/c1-2-29-14-7-5-6-13(12-14)19(26)17-18(15-8-3-4-9-16(15)23)25(21(28)20(17)27)22-24-10-11-30-22/h3-12,18,26H,2H2,1H3/b19-17+. The van der Waals surface area contributed by atoms with Gasteiger partial charge in [0.2, 0.25) is 0 Å². The van der Waals surface area contributed by atoms with Crippen LogP contribution in [0.25, 0.3) is 5.76 Å². The molecular weight excluding hydrogens is 407 g/mol. The van der Waals surface area contributed by atoms with Crippen molar-refractivity contribution in [3.05, 3.63) is 82.6 Å². The molecule has 0 spiro atoms. The second-order valence-electron chi connectivity index (χ2n) is 6.47. The zero-order valence-electron chi connectivity index (χ0n) is 15.9. The van der Waals surface area contributed by atoms with Crippen molar-refractivity contribution in [2.45, 2.75) is 13.0 Å². The van der Waals surface area contributed by atoms with Crippen LogP contribution in [0.4, 0.5) is 9.52 Å². The molecule has 1 amide bonds. The van der Waals surface area contributed by atoms with Gasteiger partial charge in [0.15, 0.2) is 5.13 Å². The fourth-order valence-electron chi connectivity index (χ4n) is 3.41. The Kier molecular flexibility index (Phi) is 5.33. The summed E-state index contributed by atoms with van der Waals surface area (Å²) in [5.41, 5.74) is 0.183. The van der Waals surface area contributed by atoms with E-state index in [1.165, 1.54) is 24.4 Å². The average molecular weight is 424 g/mol. The number of nitrogens with zero attached hydrogens (tertiary/aromatic N) is 2. The number of halogens is 1. The van der Waals surface area contributed by atoms with Crippen molar-refractivity contribution >= 4 is 33.9 Å². The molecule has 30 heavy (non-hydrogen) atoms. The van der Waals surface area contributed by atoms with E-state index in [2.05, 4.69) is 4.98 Å². The van der Waals surface area contributed by atoms with E-state index in [9.17, 15) is 19.1 Å².